The molecule has 0 saturated carbocycles. The van der Waals surface area contributed by atoms with Crippen molar-refractivity contribution < 1.29 is 0 Å². The third-order valence-corrected chi connectivity index (χ3v) is 3.82. The Balaban J connectivity index is 2.16. The van der Waals surface area contributed by atoms with Crippen LogP contribution in [0.4, 0.5) is 5.69 Å². The molecule has 2 aliphatic rings. The van der Waals surface area contributed by atoms with Crippen LogP contribution in [0.5, 0.6) is 0 Å². The van der Waals surface area contributed by atoms with E-state index in [0.717, 1.165) is 19.5 Å². The largest absolute Gasteiger partial charge is 0.318 e. The van der Waals surface area contributed by atoms with Gasteiger partial charge in [0.05, 0.1) is 12.2 Å². The van der Waals surface area contributed by atoms with Crippen LogP contribution in [0, 0.1) is 0 Å². The highest BCUT2D eigenvalue weighted by molar-refractivity contribution is 8.14. The van der Waals surface area contributed by atoms with E-state index in [1.54, 1.807) is 0 Å². The molecule has 0 amide bonds. The van der Waals surface area contributed by atoms with E-state index in [0.29, 0.717) is 0 Å². The van der Waals surface area contributed by atoms with E-state index in [1.165, 1.54) is 21.3 Å². The highest BCUT2D eigenvalue weighted by Gasteiger charge is 2.30. The second kappa shape index (κ2) is 3.02. The zero-order valence-corrected chi connectivity index (χ0v) is 8.97. The molecule has 0 atom stereocenters. The van der Waals surface area contributed by atoms with Gasteiger partial charge in [-0.25, -0.2) is 0 Å². The molecule has 0 bridgehead atoms. The first-order chi connectivity index (χ1) is 6.90. The zero-order chi connectivity index (χ0) is 9.54. The Morgan fingerprint density at radius 1 is 1.50 bits per heavy atom. The van der Waals surface area contributed by atoms with E-state index in [-0.39, 0.29) is 0 Å². The SMILES string of the molecule is CCc1cccc2c1N1CCN=C1S2. The van der Waals surface area contributed by atoms with E-state index in [1.807, 2.05) is 11.8 Å². The van der Waals surface area contributed by atoms with Crippen molar-refractivity contribution in [3.8, 4) is 0 Å². The van der Waals surface area contributed by atoms with Gasteiger partial charge in [0.1, 0.15) is 0 Å². The number of fused-ring (bicyclic) bond motifs is 3. The number of anilines is 1. The van der Waals surface area contributed by atoms with Gasteiger partial charge in [-0.15, -0.1) is 0 Å². The number of benzene rings is 1. The third kappa shape index (κ3) is 1.02. The van der Waals surface area contributed by atoms with E-state index in [9.17, 15) is 0 Å². The molecule has 72 valence electrons. The number of thioether (sulfide) groups is 1. The molecule has 0 aromatic heterocycles. The topological polar surface area (TPSA) is 15.6 Å². The van der Waals surface area contributed by atoms with E-state index >= 15 is 0 Å². The van der Waals surface area contributed by atoms with Gasteiger partial charge in [0.15, 0.2) is 5.17 Å². The maximum Gasteiger partial charge on any atom is 0.168 e. The number of para-hydroxylation sites is 1. The predicted molar refractivity (Wildman–Crippen MR) is 61.3 cm³/mol. The van der Waals surface area contributed by atoms with Gasteiger partial charge >= 0.3 is 0 Å². The fraction of sp³-hybridized carbons (Fsp3) is 0.364. The molecular formula is C11H12N2S. The molecular weight excluding hydrogens is 192 g/mol. The summed E-state index contributed by atoms with van der Waals surface area (Å²) in [6.07, 6.45) is 1.10. The van der Waals surface area contributed by atoms with Gasteiger partial charge in [0.25, 0.3) is 0 Å². The summed E-state index contributed by atoms with van der Waals surface area (Å²) < 4.78 is 0. The first-order valence-electron chi connectivity index (χ1n) is 5.02. The summed E-state index contributed by atoms with van der Waals surface area (Å²) in [7, 11) is 0. The summed E-state index contributed by atoms with van der Waals surface area (Å²) >= 11 is 1.81. The van der Waals surface area contributed by atoms with Gasteiger partial charge in [0, 0.05) is 11.4 Å². The molecule has 0 spiro atoms. The molecule has 0 N–H and O–H groups in total. The molecule has 3 heteroatoms. The summed E-state index contributed by atoms with van der Waals surface area (Å²) in [6.45, 7) is 4.23. The molecule has 2 nitrogen and oxygen atoms in total. The quantitative estimate of drug-likeness (QED) is 0.698. The average Bonchev–Trinajstić information content (AvgIpc) is 2.75. The van der Waals surface area contributed by atoms with Crippen molar-refractivity contribution in [3.63, 3.8) is 0 Å². The molecule has 2 aliphatic heterocycles. The van der Waals surface area contributed by atoms with Gasteiger partial charge in [-0.1, -0.05) is 19.1 Å². The monoisotopic (exact) mass is 204 g/mol. The molecule has 2 heterocycles. The molecule has 14 heavy (non-hydrogen) atoms. The predicted octanol–water partition coefficient (Wildman–Crippen LogP) is 2.53. The second-order valence-electron chi connectivity index (χ2n) is 3.54. The van der Waals surface area contributed by atoms with Crippen LogP contribution in [-0.2, 0) is 6.42 Å². The van der Waals surface area contributed by atoms with Crippen LogP contribution in [0.25, 0.3) is 0 Å². The Morgan fingerprint density at radius 2 is 2.43 bits per heavy atom. The van der Waals surface area contributed by atoms with Crippen molar-refractivity contribution in [2.45, 2.75) is 18.2 Å². The van der Waals surface area contributed by atoms with Crippen LogP contribution >= 0.6 is 11.8 Å². The molecule has 0 radical (unpaired) electrons. The number of hydrogen-bond acceptors (Lipinski definition) is 3. The molecule has 0 unspecified atom stereocenters. The van der Waals surface area contributed by atoms with Crippen LogP contribution < -0.4 is 4.90 Å². The normalized spacial score (nSPS) is 18.1. The van der Waals surface area contributed by atoms with Crippen molar-refractivity contribution in [3.05, 3.63) is 23.8 Å². The summed E-state index contributed by atoms with van der Waals surface area (Å²) in [5, 5.41) is 1.20. The number of aryl methyl sites for hydroxylation is 1. The third-order valence-electron chi connectivity index (χ3n) is 2.74. The fourth-order valence-corrected chi connectivity index (χ4v) is 3.19. The lowest BCUT2D eigenvalue weighted by Gasteiger charge is -2.15. The lowest BCUT2D eigenvalue weighted by atomic mass is 10.1. The summed E-state index contributed by atoms with van der Waals surface area (Å²) in [5.74, 6) is 0. The Morgan fingerprint density at radius 3 is 3.29 bits per heavy atom. The molecule has 1 aromatic carbocycles. The lowest BCUT2D eigenvalue weighted by molar-refractivity contribution is 0.994. The van der Waals surface area contributed by atoms with Crippen LogP contribution in [0.3, 0.4) is 0 Å². The molecule has 0 fully saturated rings. The molecule has 0 aliphatic carbocycles. The summed E-state index contributed by atoms with van der Waals surface area (Å²) in [4.78, 5) is 8.23. The average molecular weight is 204 g/mol. The maximum atomic E-state index is 4.49. The number of hydrogen-bond donors (Lipinski definition) is 0. The standard InChI is InChI=1S/C11H12N2S/c1-2-8-4-3-5-9-10(8)13-7-6-12-11(13)14-9/h3-5H,2,6-7H2,1H3. The Bertz CT molecular complexity index is 412. The maximum absolute atomic E-state index is 4.49. The zero-order valence-electron chi connectivity index (χ0n) is 8.16. The van der Waals surface area contributed by atoms with Gasteiger partial charge in [-0.2, -0.15) is 0 Å². The summed E-state index contributed by atoms with van der Waals surface area (Å²) in [6, 6.07) is 6.56. The minimum absolute atomic E-state index is 0.958. The molecule has 0 saturated heterocycles. The van der Waals surface area contributed by atoms with Crippen molar-refractivity contribution in [2.24, 2.45) is 4.99 Å². The minimum atomic E-state index is 0.958. The highest BCUT2D eigenvalue weighted by atomic mass is 32.2. The first-order valence-corrected chi connectivity index (χ1v) is 5.83. The smallest absolute Gasteiger partial charge is 0.168 e. The minimum Gasteiger partial charge on any atom is -0.318 e. The van der Waals surface area contributed by atoms with Gasteiger partial charge in [-0.3, -0.25) is 4.99 Å². The highest BCUT2D eigenvalue weighted by Crippen LogP contribution is 2.43. The number of aliphatic imine (C=N–C) groups is 1. The lowest BCUT2D eigenvalue weighted by Crippen LogP contribution is -2.21. The van der Waals surface area contributed by atoms with Crippen molar-refractivity contribution in [1.29, 1.82) is 0 Å². The fourth-order valence-electron chi connectivity index (χ4n) is 2.06. The van der Waals surface area contributed by atoms with E-state index in [2.05, 4.69) is 35.0 Å². The molecule has 3 rings (SSSR count). The summed E-state index contributed by atoms with van der Waals surface area (Å²) in [5.41, 5.74) is 2.86. The second-order valence-corrected chi connectivity index (χ2v) is 4.54. The number of nitrogens with zero attached hydrogens (tertiary/aromatic N) is 2. The Kier molecular flexibility index (Phi) is 1.80. The van der Waals surface area contributed by atoms with Crippen molar-refractivity contribution >= 4 is 22.6 Å². The van der Waals surface area contributed by atoms with E-state index in [4.69, 9.17) is 0 Å². The van der Waals surface area contributed by atoms with Crippen LogP contribution in [-0.4, -0.2) is 18.3 Å². The van der Waals surface area contributed by atoms with Crippen LogP contribution in [0.1, 0.15) is 12.5 Å². The van der Waals surface area contributed by atoms with Gasteiger partial charge in [-0.05, 0) is 29.8 Å². The molecule has 1 aromatic rings. The first kappa shape index (κ1) is 8.36. The van der Waals surface area contributed by atoms with Gasteiger partial charge in [0.2, 0.25) is 0 Å². The van der Waals surface area contributed by atoms with Crippen molar-refractivity contribution in [2.75, 3.05) is 18.0 Å². The van der Waals surface area contributed by atoms with Crippen molar-refractivity contribution in [1.82, 2.24) is 0 Å². The van der Waals surface area contributed by atoms with E-state index < -0.39 is 0 Å². The van der Waals surface area contributed by atoms with Gasteiger partial charge < -0.3 is 4.90 Å². The van der Waals surface area contributed by atoms with Crippen LogP contribution in [0.2, 0.25) is 0 Å². The number of amidine groups is 1. The number of rotatable bonds is 1. The Hall–Kier alpha value is -0.960. The van der Waals surface area contributed by atoms with Crippen LogP contribution in [0.15, 0.2) is 28.1 Å². The Labute approximate surface area is 88.0 Å².